The van der Waals surface area contributed by atoms with Crippen LogP contribution in [0.25, 0.3) is 0 Å². The van der Waals surface area contributed by atoms with Crippen molar-refractivity contribution in [3.8, 4) is 0 Å². The third kappa shape index (κ3) is 2.45. The van der Waals surface area contributed by atoms with Gasteiger partial charge in [0.05, 0.1) is 11.9 Å². The fraction of sp³-hybridized carbons (Fsp3) is 0.800. The minimum absolute atomic E-state index is 0.106. The second-order valence-electron chi connectivity index (χ2n) is 3.61. The first-order chi connectivity index (χ1) is 6.70. The van der Waals surface area contributed by atoms with E-state index in [0.717, 1.165) is 30.6 Å². The smallest absolute Gasteiger partial charge is 0.165 e. The Kier molecular flexibility index (Phi) is 4.35. The van der Waals surface area contributed by atoms with Crippen LogP contribution in [0.1, 0.15) is 33.1 Å². The molecule has 0 heterocycles. The van der Waals surface area contributed by atoms with Gasteiger partial charge in [0.2, 0.25) is 0 Å². The number of ether oxygens (including phenoxy) is 1. The van der Waals surface area contributed by atoms with E-state index in [2.05, 4.69) is 0 Å². The molecule has 0 saturated carbocycles. The van der Waals surface area contributed by atoms with Crippen LogP contribution in [-0.4, -0.2) is 17.9 Å². The second-order valence-corrected chi connectivity index (χ2v) is 3.61. The molecule has 1 aliphatic carbocycles. The highest BCUT2D eigenvalue weighted by Gasteiger charge is 2.28. The Balaban J connectivity index is 2.64. The van der Waals surface area contributed by atoms with Crippen LogP contribution in [0.3, 0.4) is 0 Å². The summed E-state index contributed by atoms with van der Waals surface area (Å²) in [5.41, 5.74) is 2.60. The van der Waals surface area contributed by atoms with Gasteiger partial charge in [0, 0.05) is 12.3 Å². The van der Waals surface area contributed by atoms with E-state index in [0.29, 0.717) is 0 Å². The molecule has 0 aliphatic heterocycles. The van der Waals surface area contributed by atoms with Gasteiger partial charge < -0.3 is 9.84 Å². The molecule has 0 aromatic heterocycles. The zero-order valence-electron chi connectivity index (χ0n) is 8.72. The number of nitrogens with one attached hydrogen (secondary N) is 1. The van der Waals surface area contributed by atoms with Crippen molar-refractivity contribution in [3.05, 3.63) is 11.3 Å². The van der Waals surface area contributed by atoms with Crippen LogP contribution >= 0.6 is 0 Å². The van der Waals surface area contributed by atoms with Gasteiger partial charge in [0.15, 0.2) is 6.73 Å². The molecule has 14 heavy (non-hydrogen) atoms. The largest absolute Gasteiger partial charge is 0.480 e. The normalized spacial score (nSPS) is 24.1. The van der Waals surface area contributed by atoms with Gasteiger partial charge in [-0.05, 0) is 25.3 Å². The van der Waals surface area contributed by atoms with Crippen molar-refractivity contribution in [3.63, 3.8) is 0 Å². The van der Waals surface area contributed by atoms with Gasteiger partial charge in [-0.2, -0.15) is 0 Å². The van der Waals surface area contributed by atoms with E-state index in [4.69, 9.17) is 4.74 Å². The molecule has 0 saturated heterocycles. The Morgan fingerprint density at radius 3 is 2.93 bits per heavy atom. The molecular weight excluding hydrogens is 185 g/mol. The Bertz CT molecular complexity index is 216. The maximum atomic E-state index is 11.7. The van der Waals surface area contributed by atoms with Crippen molar-refractivity contribution in [1.82, 2.24) is 5.54 Å². The van der Waals surface area contributed by atoms with Crippen LogP contribution in [0.2, 0.25) is 0 Å². The van der Waals surface area contributed by atoms with Crippen molar-refractivity contribution in [2.24, 2.45) is 5.92 Å². The maximum absolute atomic E-state index is 11.7. The summed E-state index contributed by atoms with van der Waals surface area (Å²) < 4.78 is 16.9. The van der Waals surface area contributed by atoms with E-state index in [1.165, 1.54) is 5.54 Å². The summed E-state index contributed by atoms with van der Waals surface area (Å²) in [6, 6.07) is 0. The van der Waals surface area contributed by atoms with Gasteiger partial charge in [-0.3, -0.25) is 0 Å². The maximum Gasteiger partial charge on any atom is 0.165 e. The summed E-state index contributed by atoms with van der Waals surface area (Å²) in [6.07, 6.45) is 2.23. The minimum Gasteiger partial charge on any atom is -0.480 e. The van der Waals surface area contributed by atoms with Crippen molar-refractivity contribution >= 4 is 0 Å². The number of hydrogen-bond donors (Lipinski definition) is 2. The van der Waals surface area contributed by atoms with Gasteiger partial charge >= 0.3 is 0 Å². The number of rotatable bonds is 5. The number of hydrogen-bond acceptors (Lipinski definition) is 3. The second kappa shape index (κ2) is 5.32. The Morgan fingerprint density at radius 1 is 1.71 bits per heavy atom. The van der Waals surface area contributed by atoms with Crippen LogP contribution in [0.5, 0.6) is 0 Å². The van der Waals surface area contributed by atoms with Gasteiger partial charge in [0.1, 0.15) is 0 Å². The van der Waals surface area contributed by atoms with Gasteiger partial charge in [-0.25, -0.2) is 0 Å². The van der Waals surface area contributed by atoms with Gasteiger partial charge in [-0.15, -0.1) is 10.0 Å². The lowest BCUT2D eigenvalue weighted by atomic mass is 9.94. The van der Waals surface area contributed by atoms with Gasteiger partial charge in [-0.1, -0.05) is 6.92 Å². The van der Waals surface area contributed by atoms with Crippen LogP contribution < -0.4 is 5.54 Å². The Labute approximate surface area is 83.9 Å². The van der Waals surface area contributed by atoms with Crippen LogP contribution in [0, 0.1) is 5.92 Å². The summed E-state index contributed by atoms with van der Waals surface area (Å²) in [5.74, 6) is 1.04. The van der Waals surface area contributed by atoms with E-state index < -0.39 is 0 Å². The topological polar surface area (TPSA) is 41.5 Å². The van der Waals surface area contributed by atoms with Crippen molar-refractivity contribution < 1.29 is 14.3 Å². The predicted molar refractivity (Wildman–Crippen MR) is 51.9 cm³/mol. The molecule has 0 amide bonds. The fourth-order valence-electron chi connectivity index (χ4n) is 2.10. The molecule has 4 heteroatoms. The summed E-state index contributed by atoms with van der Waals surface area (Å²) in [7, 11) is 0. The molecule has 0 bridgehead atoms. The van der Waals surface area contributed by atoms with E-state index in [-0.39, 0.29) is 18.8 Å². The average molecular weight is 203 g/mol. The molecule has 0 fully saturated rings. The fourth-order valence-corrected chi connectivity index (χ4v) is 2.10. The lowest BCUT2D eigenvalue weighted by Gasteiger charge is -2.16. The number of allylic oxidation sites excluding steroid dienone is 1. The first-order valence-corrected chi connectivity index (χ1v) is 5.07. The summed E-state index contributed by atoms with van der Waals surface area (Å²) in [5, 5.41) is 9.52. The SMILES string of the molecule is CCC1=C(OCNF)CCC1C(C)O. The Morgan fingerprint density at radius 2 is 2.43 bits per heavy atom. The zero-order chi connectivity index (χ0) is 10.6. The molecule has 2 N–H and O–H groups in total. The molecule has 2 unspecified atom stereocenters. The third-order valence-electron chi connectivity index (χ3n) is 2.75. The lowest BCUT2D eigenvalue weighted by molar-refractivity contribution is 0.119. The Hall–Kier alpha value is -0.610. The standard InChI is InChI=1S/C10H18FNO2/c1-3-8-9(7(2)13)4-5-10(8)14-6-12-11/h7,9,12-13H,3-6H2,1-2H3. The molecule has 3 nitrogen and oxygen atoms in total. The molecule has 0 radical (unpaired) electrons. The molecule has 0 aromatic carbocycles. The van der Waals surface area contributed by atoms with E-state index >= 15 is 0 Å². The molecule has 0 spiro atoms. The summed E-state index contributed by atoms with van der Waals surface area (Å²) in [4.78, 5) is 0. The summed E-state index contributed by atoms with van der Waals surface area (Å²) >= 11 is 0. The van der Waals surface area contributed by atoms with Gasteiger partial charge in [0.25, 0.3) is 0 Å². The first-order valence-electron chi connectivity index (χ1n) is 5.07. The monoisotopic (exact) mass is 203 g/mol. The van der Waals surface area contributed by atoms with Crippen molar-refractivity contribution in [2.45, 2.75) is 39.2 Å². The predicted octanol–water partition coefficient (Wildman–Crippen LogP) is 1.89. The van der Waals surface area contributed by atoms with Crippen LogP contribution in [0.4, 0.5) is 4.48 Å². The highest BCUT2D eigenvalue weighted by atomic mass is 19.2. The van der Waals surface area contributed by atoms with E-state index in [1.807, 2.05) is 6.92 Å². The highest BCUT2D eigenvalue weighted by molar-refractivity contribution is 5.19. The molecule has 1 aliphatic rings. The van der Waals surface area contributed by atoms with Crippen LogP contribution in [-0.2, 0) is 4.74 Å². The molecule has 0 aromatic rings. The van der Waals surface area contributed by atoms with E-state index in [9.17, 15) is 9.59 Å². The number of aliphatic hydroxyl groups excluding tert-OH is 1. The summed E-state index contributed by atoms with van der Waals surface area (Å²) in [6.45, 7) is 3.71. The molecule has 82 valence electrons. The number of halogens is 1. The molecule has 1 rings (SSSR count). The molecule has 2 atom stereocenters. The third-order valence-corrected chi connectivity index (χ3v) is 2.75. The molecular formula is C10H18FNO2. The minimum atomic E-state index is -0.343. The lowest BCUT2D eigenvalue weighted by Crippen LogP contribution is -2.16. The highest BCUT2D eigenvalue weighted by Crippen LogP contribution is 2.36. The average Bonchev–Trinajstić information content (AvgIpc) is 2.57. The first kappa shape index (κ1) is 11.5. The quantitative estimate of drug-likeness (QED) is 0.529. The van der Waals surface area contributed by atoms with Crippen LogP contribution in [0.15, 0.2) is 11.3 Å². The van der Waals surface area contributed by atoms with Crippen molar-refractivity contribution in [1.29, 1.82) is 0 Å². The van der Waals surface area contributed by atoms with Crippen molar-refractivity contribution in [2.75, 3.05) is 6.73 Å². The zero-order valence-corrected chi connectivity index (χ0v) is 8.72. The number of aliphatic hydroxyl groups is 1. The van der Waals surface area contributed by atoms with E-state index in [1.54, 1.807) is 6.92 Å².